The van der Waals surface area contributed by atoms with E-state index in [1.165, 1.54) is 18.4 Å². The molecule has 0 aliphatic carbocycles. The summed E-state index contributed by atoms with van der Waals surface area (Å²) in [6.07, 6.45) is 4.70. The number of thioether (sulfide) groups is 1. The Hall–Kier alpha value is -1.64. The molecule has 0 bridgehead atoms. The zero-order valence-electron chi connectivity index (χ0n) is 16.4. The maximum absolute atomic E-state index is 13.1. The van der Waals surface area contributed by atoms with E-state index in [1.807, 2.05) is 45.5 Å². The van der Waals surface area contributed by atoms with Crippen LogP contribution in [0.3, 0.4) is 0 Å². The third-order valence-corrected chi connectivity index (χ3v) is 7.24. The van der Waals surface area contributed by atoms with Gasteiger partial charge in [0, 0.05) is 29.9 Å². The number of nitrogens with zero attached hydrogens (tertiary/aromatic N) is 4. The monoisotopic (exact) mass is 417 g/mol. The van der Waals surface area contributed by atoms with E-state index in [0.717, 1.165) is 37.6 Å². The number of rotatable bonds is 5. The van der Waals surface area contributed by atoms with Crippen LogP contribution >= 0.6 is 24.0 Å². The normalized spacial score (nSPS) is 22.9. The number of hydrogen-bond acceptors (Lipinski definition) is 5. The SMILES string of the molecule is CS[C@@H]1CN(C(=O)Cn2c(-c3ccc(C)cc3)n[nH]c2=S)C[C@H]1N1CCCC1. The molecule has 3 heterocycles. The summed E-state index contributed by atoms with van der Waals surface area (Å²) in [5.41, 5.74) is 2.15. The molecular formula is C20H27N5OS2. The van der Waals surface area contributed by atoms with Gasteiger partial charge in [-0.15, -0.1) is 0 Å². The Morgan fingerprint density at radius 3 is 2.64 bits per heavy atom. The highest BCUT2D eigenvalue weighted by atomic mass is 32.2. The lowest BCUT2D eigenvalue weighted by molar-refractivity contribution is -0.130. The van der Waals surface area contributed by atoms with E-state index in [-0.39, 0.29) is 12.5 Å². The number of aromatic nitrogens is 3. The van der Waals surface area contributed by atoms with Crippen LogP contribution in [-0.4, -0.2) is 74.2 Å². The minimum Gasteiger partial charge on any atom is -0.338 e. The first-order chi connectivity index (χ1) is 13.6. The standard InChI is InChI=1S/C20H27N5OS2/c1-14-5-7-15(8-6-14)19-21-22-20(27)25(19)13-18(26)24-11-16(17(12-24)28-2)23-9-3-4-10-23/h5-8,16-17H,3-4,9-13H2,1-2H3,(H,22,27)/t16-,17-/m1/s1. The Labute approximate surface area is 175 Å². The molecule has 8 heteroatoms. The van der Waals surface area contributed by atoms with E-state index in [0.29, 0.717) is 16.1 Å². The number of benzene rings is 1. The van der Waals surface area contributed by atoms with Crippen LogP contribution in [0.4, 0.5) is 0 Å². The lowest BCUT2D eigenvalue weighted by Crippen LogP contribution is -2.40. The van der Waals surface area contributed by atoms with Gasteiger partial charge in [-0.2, -0.15) is 16.9 Å². The molecule has 0 spiro atoms. The van der Waals surface area contributed by atoms with Crippen LogP contribution in [0.2, 0.25) is 0 Å². The van der Waals surface area contributed by atoms with Crippen LogP contribution in [0, 0.1) is 11.7 Å². The van der Waals surface area contributed by atoms with Crippen molar-refractivity contribution in [3.05, 3.63) is 34.6 Å². The average molecular weight is 418 g/mol. The first-order valence-corrected chi connectivity index (χ1v) is 11.5. The second-order valence-electron chi connectivity index (χ2n) is 7.69. The minimum absolute atomic E-state index is 0.117. The number of carbonyl (C=O) groups is 1. The van der Waals surface area contributed by atoms with Crippen LogP contribution in [0.25, 0.3) is 11.4 Å². The van der Waals surface area contributed by atoms with Crippen molar-refractivity contribution in [1.82, 2.24) is 24.6 Å². The summed E-state index contributed by atoms with van der Waals surface area (Å²) >= 11 is 7.29. The average Bonchev–Trinajstić information content (AvgIpc) is 3.43. The molecule has 2 fully saturated rings. The lowest BCUT2D eigenvalue weighted by atomic mass is 10.1. The molecule has 0 unspecified atom stereocenters. The molecular weight excluding hydrogens is 390 g/mol. The molecule has 0 radical (unpaired) electrons. The number of carbonyl (C=O) groups excluding carboxylic acids is 1. The van der Waals surface area contributed by atoms with Crippen LogP contribution < -0.4 is 0 Å². The third-order valence-electron chi connectivity index (χ3n) is 5.86. The van der Waals surface area contributed by atoms with Crippen LogP contribution in [0.15, 0.2) is 24.3 Å². The van der Waals surface area contributed by atoms with Crippen molar-refractivity contribution in [3.8, 4) is 11.4 Å². The Balaban J connectivity index is 1.50. The molecule has 2 atom stereocenters. The molecule has 2 aromatic rings. The Kier molecular flexibility index (Phi) is 5.89. The number of nitrogens with one attached hydrogen (secondary N) is 1. The largest absolute Gasteiger partial charge is 0.338 e. The molecule has 1 N–H and O–H groups in total. The van der Waals surface area contributed by atoms with Gasteiger partial charge in [-0.25, -0.2) is 0 Å². The van der Waals surface area contributed by atoms with Gasteiger partial charge in [0.2, 0.25) is 5.91 Å². The van der Waals surface area contributed by atoms with Gasteiger partial charge >= 0.3 is 0 Å². The van der Waals surface area contributed by atoms with Gasteiger partial charge in [-0.1, -0.05) is 29.8 Å². The highest BCUT2D eigenvalue weighted by Crippen LogP contribution is 2.28. The molecule has 28 heavy (non-hydrogen) atoms. The molecule has 2 saturated heterocycles. The molecule has 150 valence electrons. The molecule has 4 rings (SSSR count). The highest BCUT2D eigenvalue weighted by molar-refractivity contribution is 7.99. The molecule has 1 amide bonds. The van der Waals surface area contributed by atoms with Crippen molar-refractivity contribution in [1.29, 1.82) is 0 Å². The van der Waals surface area contributed by atoms with Crippen LogP contribution in [0.5, 0.6) is 0 Å². The summed E-state index contributed by atoms with van der Waals surface area (Å²) in [5, 5.41) is 7.70. The Morgan fingerprint density at radius 2 is 1.96 bits per heavy atom. The van der Waals surface area contributed by atoms with Crippen LogP contribution in [-0.2, 0) is 11.3 Å². The van der Waals surface area contributed by atoms with Crippen molar-refractivity contribution >= 4 is 29.9 Å². The van der Waals surface area contributed by atoms with E-state index >= 15 is 0 Å². The third kappa shape index (κ3) is 3.90. The van der Waals surface area contributed by atoms with E-state index in [2.05, 4.69) is 28.3 Å². The highest BCUT2D eigenvalue weighted by Gasteiger charge is 2.39. The van der Waals surface area contributed by atoms with E-state index in [9.17, 15) is 4.79 Å². The fourth-order valence-electron chi connectivity index (χ4n) is 4.24. The van der Waals surface area contributed by atoms with Gasteiger partial charge in [0.05, 0.1) is 0 Å². The summed E-state index contributed by atoms with van der Waals surface area (Å²) in [6, 6.07) is 8.59. The summed E-state index contributed by atoms with van der Waals surface area (Å²) < 4.78 is 2.31. The summed E-state index contributed by atoms with van der Waals surface area (Å²) in [5.74, 6) is 0.835. The fraction of sp³-hybridized carbons (Fsp3) is 0.550. The van der Waals surface area contributed by atoms with Crippen molar-refractivity contribution < 1.29 is 4.79 Å². The zero-order valence-corrected chi connectivity index (χ0v) is 18.1. The van der Waals surface area contributed by atoms with Gasteiger partial charge in [0.25, 0.3) is 0 Å². The fourth-order valence-corrected chi connectivity index (χ4v) is 5.34. The number of aryl methyl sites for hydroxylation is 1. The zero-order chi connectivity index (χ0) is 19.7. The van der Waals surface area contributed by atoms with Crippen molar-refractivity contribution in [2.24, 2.45) is 0 Å². The Morgan fingerprint density at radius 1 is 1.25 bits per heavy atom. The van der Waals surface area contributed by atoms with Gasteiger partial charge in [-0.05, 0) is 51.3 Å². The predicted molar refractivity (Wildman–Crippen MR) is 116 cm³/mol. The van der Waals surface area contributed by atoms with Crippen molar-refractivity contribution in [3.63, 3.8) is 0 Å². The van der Waals surface area contributed by atoms with Gasteiger partial charge in [0.15, 0.2) is 10.6 Å². The van der Waals surface area contributed by atoms with Crippen LogP contribution in [0.1, 0.15) is 18.4 Å². The molecule has 1 aromatic heterocycles. The number of H-pyrrole nitrogens is 1. The Bertz CT molecular complexity index is 885. The van der Waals surface area contributed by atoms with Crippen molar-refractivity contribution in [2.75, 3.05) is 32.4 Å². The number of aromatic amines is 1. The smallest absolute Gasteiger partial charge is 0.242 e. The van der Waals surface area contributed by atoms with Crippen molar-refractivity contribution in [2.45, 2.75) is 37.6 Å². The summed E-state index contributed by atoms with van der Waals surface area (Å²) in [4.78, 5) is 17.7. The second-order valence-corrected chi connectivity index (χ2v) is 9.15. The molecule has 2 aliphatic heterocycles. The maximum Gasteiger partial charge on any atom is 0.242 e. The van der Waals surface area contributed by atoms with E-state index < -0.39 is 0 Å². The predicted octanol–water partition coefficient (Wildman–Crippen LogP) is 2.95. The van der Waals surface area contributed by atoms with E-state index in [1.54, 1.807) is 0 Å². The minimum atomic E-state index is 0.117. The van der Waals surface area contributed by atoms with Gasteiger partial charge in [0.1, 0.15) is 6.54 Å². The first kappa shape index (κ1) is 19.7. The number of hydrogen-bond donors (Lipinski definition) is 1. The first-order valence-electron chi connectivity index (χ1n) is 9.83. The van der Waals surface area contributed by atoms with E-state index in [4.69, 9.17) is 12.2 Å². The summed E-state index contributed by atoms with van der Waals surface area (Å²) in [7, 11) is 0. The lowest BCUT2D eigenvalue weighted by Gasteiger charge is -2.27. The maximum atomic E-state index is 13.1. The number of likely N-dealkylation sites (tertiary alicyclic amines) is 2. The summed E-state index contributed by atoms with van der Waals surface area (Å²) in [6.45, 7) is 6.23. The quantitative estimate of drug-likeness (QED) is 0.758. The van der Waals surface area contributed by atoms with Gasteiger partial charge < -0.3 is 4.90 Å². The molecule has 6 nitrogen and oxygen atoms in total. The molecule has 1 aromatic carbocycles. The number of amides is 1. The molecule has 0 saturated carbocycles. The van der Waals surface area contributed by atoms with Gasteiger partial charge in [-0.3, -0.25) is 19.4 Å². The molecule has 2 aliphatic rings. The topological polar surface area (TPSA) is 57.2 Å². The second kappa shape index (κ2) is 8.39.